The molecule has 0 bridgehead atoms. The molecule has 1 heterocycles. The third-order valence-corrected chi connectivity index (χ3v) is 5.47. The molecule has 1 aromatic heterocycles. The lowest BCUT2D eigenvalue weighted by atomic mass is 10.0. The maximum atomic E-state index is 12.4. The van der Waals surface area contributed by atoms with Crippen LogP contribution >= 0.6 is 0 Å². The van der Waals surface area contributed by atoms with Crippen LogP contribution in [-0.4, -0.2) is 15.4 Å². The minimum atomic E-state index is -4.52. The van der Waals surface area contributed by atoms with Gasteiger partial charge in [0.15, 0.2) is 0 Å². The van der Waals surface area contributed by atoms with E-state index in [2.05, 4.69) is 9.35 Å². The quantitative estimate of drug-likeness (QED) is 0.787. The van der Waals surface area contributed by atoms with Crippen molar-refractivity contribution in [1.82, 2.24) is 4.98 Å². The van der Waals surface area contributed by atoms with Gasteiger partial charge in [-0.05, 0) is 25.5 Å². The number of rotatable bonds is 2. The summed E-state index contributed by atoms with van der Waals surface area (Å²) < 4.78 is 51.7. The van der Waals surface area contributed by atoms with E-state index in [1.807, 2.05) is 0 Å². The molecule has 0 aliphatic rings. The molecule has 0 aliphatic carbocycles. The van der Waals surface area contributed by atoms with E-state index in [-0.39, 0.29) is 0 Å². The molecule has 0 fully saturated rings. The first-order valence-corrected chi connectivity index (χ1v) is 7.08. The summed E-state index contributed by atoms with van der Waals surface area (Å²) in [6.07, 6.45) is -0.754. The summed E-state index contributed by atoms with van der Waals surface area (Å²) in [5, 5.41) is 8.50. The molecule has 19 heavy (non-hydrogen) atoms. The zero-order valence-electron chi connectivity index (χ0n) is 10.5. The molecule has 0 saturated heterocycles. The third kappa shape index (κ3) is 3.04. The molecule has 4 nitrogen and oxygen atoms in total. The predicted octanol–water partition coefficient (Wildman–Crippen LogP) is 2.91. The summed E-state index contributed by atoms with van der Waals surface area (Å²) in [5.74, 6) is 0. The Hall–Kier alpha value is -1.62. The molecule has 0 spiro atoms. The summed E-state index contributed by atoms with van der Waals surface area (Å²) in [5.41, 5.74) is -0.695. The van der Waals surface area contributed by atoms with E-state index in [0.29, 0.717) is 5.56 Å². The lowest BCUT2D eigenvalue weighted by Crippen LogP contribution is -2.28. The third-order valence-electron chi connectivity index (χ3n) is 2.91. The van der Waals surface area contributed by atoms with E-state index in [1.54, 1.807) is 13.8 Å². The van der Waals surface area contributed by atoms with Crippen LogP contribution in [-0.2, 0) is 20.7 Å². The van der Waals surface area contributed by atoms with Gasteiger partial charge in [0.2, 0.25) is 6.19 Å². The van der Waals surface area contributed by atoms with Gasteiger partial charge in [0.05, 0.1) is 14.5 Å². The van der Waals surface area contributed by atoms with Crippen molar-refractivity contribution >= 4 is 9.73 Å². The highest BCUT2D eigenvalue weighted by atomic mass is 32.2. The number of halogens is 3. The van der Waals surface area contributed by atoms with Crippen molar-refractivity contribution in [2.75, 3.05) is 6.26 Å². The SMILES string of the molecule is CC(C)(c1ccc(C(F)(F)F)nc1)S(C)(=O)=NC#N. The van der Waals surface area contributed by atoms with E-state index in [9.17, 15) is 17.4 Å². The van der Waals surface area contributed by atoms with Crippen LogP contribution in [0.1, 0.15) is 25.1 Å². The van der Waals surface area contributed by atoms with Crippen molar-refractivity contribution in [3.63, 3.8) is 0 Å². The topological polar surface area (TPSA) is 66.1 Å². The maximum Gasteiger partial charge on any atom is 0.433 e. The number of aromatic nitrogens is 1. The number of hydrogen-bond donors (Lipinski definition) is 0. The van der Waals surface area contributed by atoms with Gasteiger partial charge in [-0.2, -0.15) is 18.4 Å². The molecule has 0 radical (unpaired) electrons. The van der Waals surface area contributed by atoms with Crippen LogP contribution in [0.2, 0.25) is 0 Å². The zero-order chi connectivity index (χ0) is 14.9. The molecule has 104 valence electrons. The summed E-state index contributed by atoms with van der Waals surface area (Å²) in [6.45, 7) is 3.08. The Morgan fingerprint density at radius 1 is 1.37 bits per heavy atom. The Labute approximate surface area is 109 Å². The second-order valence-electron chi connectivity index (χ2n) is 4.43. The Morgan fingerprint density at radius 3 is 2.32 bits per heavy atom. The van der Waals surface area contributed by atoms with E-state index < -0.39 is 26.3 Å². The smallest absolute Gasteiger partial charge is 0.251 e. The molecule has 0 saturated carbocycles. The van der Waals surface area contributed by atoms with Crippen molar-refractivity contribution in [3.8, 4) is 6.19 Å². The van der Waals surface area contributed by atoms with Gasteiger partial charge in [-0.3, -0.25) is 4.98 Å². The van der Waals surface area contributed by atoms with Crippen molar-refractivity contribution in [2.45, 2.75) is 24.8 Å². The average Bonchev–Trinajstić information content (AvgIpc) is 2.27. The van der Waals surface area contributed by atoms with Gasteiger partial charge in [-0.1, -0.05) is 6.07 Å². The van der Waals surface area contributed by atoms with Gasteiger partial charge >= 0.3 is 6.18 Å². The second kappa shape index (κ2) is 4.81. The molecule has 0 aromatic carbocycles. The largest absolute Gasteiger partial charge is 0.433 e. The zero-order valence-corrected chi connectivity index (χ0v) is 11.3. The molecule has 0 aliphatic heterocycles. The fourth-order valence-corrected chi connectivity index (χ4v) is 2.27. The fraction of sp³-hybridized carbons (Fsp3) is 0.455. The lowest BCUT2D eigenvalue weighted by molar-refractivity contribution is -0.141. The van der Waals surface area contributed by atoms with E-state index in [1.165, 1.54) is 18.5 Å². The van der Waals surface area contributed by atoms with Crippen molar-refractivity contribution in [2.24, 2.45) is 4.36 Å². The summed E-state index contributed by atoms with van der Waals surface area (Å²) in [4.78, 5) is 3.31. The van der Waals surface area contributed by atoms with Crippen LogP contribution in [0.25, 0.3) is 0 Å². The highest BCUT2D eigenvalue weighted by molar-refractivity contribution is 7.93. The van der Waals surface area contributed by atoms with Gasteiger partial charge in [0.1, 0.15) is 5.69 Å². The Bertz CT molecular complexity index is 620. The number of nitrogens with zero attached hydrogens (tertiary/aromatic N) is 3. The molecule has 0 N–H and O–H groups in total. The first-order chi connectivity index (χ1) is 8.52. The van der Waals surface area contributed by atoms with Crippen LogP contribution in [0, 0.1) is 11.5 Å². The van der Waals surface area contributed by atoms with Crippen LogP contribution < -0.4 is 0 Å². The Morgan fingerprint density at radius 2 is 1.95 bits per heavy atom. The van der Waals surface area contributed by atoms with E-state index in [4.69, 9.17) is 5.26 Å². The fourth-order valence-electron chi connectivity index (χ4n) is 1.33. The Kier molecular flexibility index (Phi) is 3.91. The summed E-state index contributed by atoms with van der Waals surface area (Å²) in [7, 11) is -2.92. The van der Waals surface area contributed by atoms with Crippen molar-refractivity contribution in [3.05, 3.63) is 29.6 Å². The number of pyridine rings is 1. The number of alkyl halides is 3. The van der Waals surface area contributed by atoms with Gasteiger partial charge < -0.3 is 0 Å². The van der Waals surface area contributed by atoms with Crippen molar-refractivity contribution < 1.29 is 17.4 Å². The van der Waals surface area contributed by atoms with Gasteiger partial charge in [0, 0.05) is 12.5 Å². The maximum absolute atomic E-state index is 12.4. The van der Waals surface area contributed by atoms with Gasteiger partial charge in [0.25, 0.3) is 0 Å². The minimum absolute atomic E-state index is 0.326. The molecule has 1 rings (SSSR count). The molecule has 0 amide bonds. The van der Waals surface area contributed by atoms with Crippen LogP contribution in [0.4, 0.5) is 13.2 Å². The molecular formula is C11H12F3N3OS. The van der Waals surface area contributed by atoms with E-state index >= 15 is 0 Å². The van der Waals surface area contributed by atoms with Crippen molar-refractivity contribution in [1.29, 1.82) is 5.26 Å². The Balaban J connectivity index is 3.30. The monoisotopic (exact) mass is 291 g/mol. The first-order valence-electron chi connectivity index (χ1n) is 5.16. The highest BCUT2D eigenvalue weighted by Crippen LogP contribution is 2.32. The van der Waals surface area contributed by atoms with Gasteiger partial charge in [-0.25, -0.2) is 4.21 Å². The predicted molar refractivity (Wildman–Crippen MR) is 64.4 cm³/mol. The van der Waals surface area contributed by atoms with Gasteiger partial charge in [-0.15, -0.1) is 4.36 Å². The van der Waals surface area contributed by atoms with Crippen LogP contribution in [0.15, 0.2) is 22.7 Å². The summed E-state index contributed by atoms with van der Waals surface area (Å²) in [6, 6.07) is 2.02. The lowest BCUT2D eigenvalue weighted by Gasteiger charge is -2.25. The minimum Gasteiger partial charge on any atom is -0.251 e. The van der Waals surface area contributed by atoms with E-state index in [0.717, 1.165) is 12.3 Å². The second-order valence-corrected chi connectivity index (χ2v) is 7.24. The molecule has 1 aromatic rings. The highest BCUT2D eigenvalue weighted by Gasteiger charge is 2.35. The normalized spacial score (nSPS) is 15.4. The molecule has 1 unspecified atom stereocenters. The molecule has 8 heteroatoms. The van der Waals surface area contributed by atoms with Crippen LogP contribution in [0.3, 0.4) is 0 Å². The first kappa shape index (κ1) is 15.4. The molecular weight excluding hydrogens is 279 g/mol. The number of nitriles is 1. The number of hydrogen-bond acceptors (Lipinski definition) is 4. The van der Waals surface area contributed by atoms with Crippen LogP contribution in [0.5, 0.6) is 0 Å². The average molecular weight is 291 g/mol. The molecule has 1 atom stereocenters. The standard InChI is InChI=1S/C11H12F3N3OS/c1-10(2,19(3,18)17-7-15)8-4-5-9(16-6-8)11(12,13)14/h4-6H,1-3H3. The summed E-state index contributed by atoms with van der Waals surface area (Å²) >= 11 is 0.